The molecule has 3 rings (SSSR count). The quantitative estimate of drug-likeness (QED) is 0.923. The molecule has 2 fully saturated rings. The Labute approximate surface area is 135 Å². The van der Waals surface area contributed by atoms with E-state index in [4.69, 9.17) is 9.47 Å². The van der Waals surface area contributed by atoms with Gasteiger partial charge in [0.2, 0.25) is 0 Å². The summed E-state index contributed by atoms with van der Waals surface area (Å²) in [5.74, 6) is -0.258. The second-order valence-corrected chi connectivity index (χ2v) is 6.37. The second kappa shape index (κ2) is 6.35. The van der Waals surface area contributed by atoms with Crippen LogP contribution >= 0.6 is 0 Å². The molecule has 2 heterocycles. The third kappa shape index (κ3) is 3.00. The van der Waals surface area contributed by atoms with E-state index in [0.717, 1.165) is 25.7 Å². The van der Waals surface area contributed by atoms with Crippen LogP contribution in [-0.4, -0.2) is 50.2 Å². The third-order valence-corrected chi connectivity index (χ3v) is 5.02. The number of ether oxygens (including phenoxy) is 2. The molecular weight excluding hydrogens is 299 g/mol. The number of nitrogens with one attached hydrogen (secondary N) is 1. The molecule has 0 saturated carbocycles. The van der Waals surface area contributed by atoms with E-state index in [0.29, 0.717) is 17.8 Å². The number of carbonyl (C=O) groups is 1. The van der Waals surface area contributed by atoms with Gasteiger partial charge < -0.3 is 19.7 Å². The van der Waals surface area contributed by atoms with E-state index in [2.05, 4.69) is 5.32 Å². The lowest BCUT2D eigenvalue weighted by Gasteiger charge is -2.35. The number of benzene rings is 1. The van der Waals surface area contributed by atoms with Crippen LogP contribution in [0.2, 0.25) is 0 Å². The van der Waals surface area contributed by atoms with Crippen LogP contribution in [-0.2, 0) is 0 Å². The summed E-state index contributed by atoms with van der Waals surface area (Å²) in [6, 6.07) is 3.72. The number of rotatable bonds is 4. The number of amides is 1. The zero-order chi connectivity index (χ0) is 16.6. The zero-order valence-electron chi connectivity index (χ0n) is 13.8. The number of methoxy groups -OCH3 is 2. The highest BCUT2D eigenvalue weighted by Gasteiger charge is 2.37. The van der Waals surface area contributed by atoms with Gasteiger partial charge in [-0.3, -0.25) is 4.79 Å². The molecule has 1 amide bonds. The highest BCUT2D eigenvalue weighted by molar-refractivity contribution is 5.95. The molecule has 1 aromatic rings. The van der Waals surface area contributed by atoms with E-state index in [-0.39, 0.29) is 23.3 Å². The van der Waals surface area contributed by atoms with Crippen molar-refractivity contribution < 1.29 is 18.7 Å². The summed E-state index contributed by atoms with van der Waals surface area (Å²) < 4.78 is 24.5. The average molecular weight is 322 g/mol. The number of hydrogen-bond donors (Lipinski definition) is 1. The molecule has 0 radical (unpaired) electrons. The van der Waals surface area contributed by atoms with Crippen LogP contribution in [0.4, 0.5) is 4.39 Å². The van der Waals surface area contributed by atoms with Crippen molar-refractivity contribution in [1.29, 1.82) is 0 Å². The fourth-order valence-corrected chi connectivity index (χ4v) is 3.72. The molecule has 2 saturated heterocycles. The molecule has 2 bridgehead atoms. The molecule has 0 aliphatic carbocycles. The Hall–Kier alpha value is -1.82. The van der Waals surface area contributed by atoms with Crippen molar-refractivity contribution in [3.05, 3.63) is 23.5 Å². The van der Waals surface area contributed by atoms with Crippen LogP contribution in [0.3, 0.4) is 0 Å². The van der Waals surface area contributed by atoms with Crippen LogP contribution in [0.5, 0.6) is 11.5 Å². The van der Waals surface area contributed by atoms with Crippen molar-refractivity contribution in [1.82, 2.24) is 10.2 Å². The Morgan fingerprint density at radius 1 is 1.17 bits per heavy atom. The van der Waals surface area contributed by atoms with Gasteiger partial charge in [-0.1, -0.05) is 0 Å². The van der Waals surface area contributed by atoms with Crippen LogP contribution in [0.25, 0.3) is 0 Å². The minimum atomic E-state index is -0.587. The summed E-state index contributed by atoms with van der Waals surface area (Å²) in [4.78, 5) is 14.4. The SMILES string of the molecule is COc1cc(F)c(C(=O)N(C)C2CC3CCC(C2)N3)cc1OC. The number of piperidine rings is 1. The molecule has 2 atom stereocenters. The number of hydrogen-bond acceptors (Lipinski definition) is 4. The van der Waals surface area contributed by atoms with Crippen molar-refractivity contribution in [2.45, 2.75) is 43.8 Å². The van der Waals surface area contributed by atoms with Crippen LogP contribution in [0, 0.1) is 5.82 Å². The Kier molecular flexibility index (Phi) is 4.43. The second-order valence-electron chi connectivity index (χ2n) is 6.37. The Morgan fingerprint density at radius 2 is 1.74 bits per heavy atom. The molecule has 0 aromatic heterocycles. The van der Waals surface area contributed by atoms with Crippen molar-refractivity contribution in [3.63, 3.8) is 0 Å². The number of halogens is 1. The number of fused-ring (bicyclic) bond motifs is 2. The molecular formula is C17H23FN2O3. The van der Waals surface area contributed by atoms with E-state index in [1.54, 1.807) is 11.9 Å². The van der Waals surface area contributed by atoms with Crippen molar-refractivity contribution in [2.24, 2.45) is 0 Å². The summed E-state index contributed by atoms with van der Waals surface area (Å²) in [6.07, 6.45) is 4.17. The summed E-state index contributed by atoms with van der Waals surface area (Å²) >= 11 is 0. The van der Waals surface area contributed by atoms with E-state index < -0.39 is 5.82 Å². The molecule has 6 heteroatoms. The van der Waals surface area contributed by atoms with Crippen molar-refractivity contribution in [3.8, 4) is 11.5 Å². The molecule has 23 heavy (non-hydrogen) atoms. The maximum atomic E-state index is 14.3. The Bertz CT molecular complexity index is 596. The van der Waals surface area contributed by atoms with Gasteiger partial charge in [0, 0.05) is 31.2 Å². The maximum Gasteiger partial charge on any atom is 0.256 e. The Balaban J connectivity index is 1.82. The predicted molar refractivity (Wildman–Crippen MR) is 84.6 cm³/mol. The smallest absolute Gasteiger partial charge is 0.256 e. The van der Waals surface area contributed by atoms with Crippen LogP contribution in [0.1, 0.15) is 36.0 Å². The number of nitrogens with zero attached hydrogens (tertiary/aromatic N) is 1. The van der Waals surface area contributed by atoms with Gasteiger partial charge in [0.1, 0.15) is 5.82 Å². The summed E-state index contributed by atoms with van der Waals surface area (Å²) in [7, 11) is 4.67. The first-order chi connectivity index (χ1) is 11.0. The maximum absolute atomic E-state index is 14.3. The Morgan fingerprint density at radius 3 is 2.30 bits per heavy atom. The number of carbonyl (C=O) groups excluding carboxylic acids is 1. The van der Waals surface area contributed by atoms with E-state index in [1.807, 2.05) is 0 Å². The minimum absolute atomic E-state index is 0.0241. The summed E-state index contributed by atoms with van der Waals surface area (Å²) in [5.41, 5.74) is 0.0241. The van der Waals surface area contributed by atoms with Gasteiger partial charge in [-0.25, -0.2) is 4.39 Å². The predicted octanol–water partition coefficient (Wildman–Crippen LogP) is 2.20. The molecule has 2 aliphatic rings. The molecule has 2 aliphatic heterocycles. The van der Waals surface area contributed by atoms with Crippen molar-refractivity contribution >= 4 is 5.91 Å². The largest absolute Gasteiger partial charge is 0.493 e. The molecule has 2 unspecified atom stereocenters. The lowest BCUT2D eigenvalue weighted by Crippen LogP contribution is -2.48. The standard InChI is InChI=1S/C17H23FN2O3/c1-20(12-6-10-4-5-11(7-12)19-10)17(21)13-8-15(22-2)16(23-3)9-14(13)18/h8-12,19H,4-7H2,1-3H3. The van der Waals surface area contributed by atoms with Gasteiger partial charge in [0.05, 0.1) is 19.8 Å². The van der Waals surface area contributed by atoms with Gasteiger partial charge >= 0.3 is 0 Å². The summed E-state index contributed by atoms with van der Waals surface area (Å²) in [5, 5.41) is 3.55. The molecule has 5 nitrogen and oxygen atoms in total. The van der Waals surface area contributed by atoms with Gasteiger partial charge in [-0.2, -0.15) is 0 Å². The highest BCUT2D eigenvalue weighted by atomic mass is 19.1. The average Bonchev–Trinajstić information content (AvgIpc) is 2.91. The fourth-order valence-electron chi connectivity index (χ4n) is 3.72. The fraction of sp³-hybridized carbons (Fsp3) is 0.588. The van der Waals surface area contributed by atoms with Gasteiger partial charge in [0.15, 0.2) is 11.5 Å². The van der Waals surface area contributed by atoms with E-state index >= 15 is 0 Å². The lowest BCUT2D eigenvalue weighted by atomic mass is 9.98. The topological polar surface area (TPSA) is 50.8 Å². The first-order valence-corrected chi connectivity index (χ1v) is 7.98. The van der Waals surface area contributed by atoms with Gasteiger partial charge in [-0.15, -0.1) is 0 Å². The van der Waals surface area contributed by atoms with Gasteiger partial charge in [-0.05, 0) is 31.7 Å². The molecule has 1 aromatic carbocycles. The first-order valence-electron chi connectivity index (χ1n) is 7.98. The van der Waals surface area contributed by atoms with E-state index in [9.17, 15) is 9.18 Å². The first kappa shape index (κ1) is 16.1. The van der Waals surface area contributed by atoms with E-state index in [1.165, 1.54) is 26.4 Å². The third-order valence-electron chi connectivity index (χ3n) is 5.02. The zero-order valence-corrected chi connectivity index (χ0v) is 13.8. The van der Waals surface area contributed by atoms with Crippen LogP contribution < -0.4 is 14.8 Å². The van der Waals surface area contributed by atoms with Crippen LogP contribution in [0.15, 0.2) is 12.1 Å². The normalized spacial score (nSPS) is 26.0. The molecule has 1 N–H and O–H groups in total. The van der Waals surface area contributed by atoms with Crippen molar-refractivity contribution in [2.75, 3.05) is 21.3 Å². The summed E-state index contributed by atoms with van der Waals surface area (Å²) in [6.45, 7) is 0. The molecule has 0 spiro atoms. The highest BCUT2D eigenvalue weighted by Crippen LogP contribution is 2.33. The molecule has 126 valence electrons. The monoisotopic (exact) mass is 322 g/mol. The lowest BCUT2D eigenvalue weighted by molar-refractivity contribution is 0.0676. The minimum Gasteiger partial charge on any atom is -0.493 e. The van der Waals surface area contributed by atoms with Gasteiger partial charge in [0.25, 0.3) is 5.91 Å².